The molecule has 22 heavy (non-hydrogen) atoms. The number of benzene rings is 1. The molecular weight excluding hydrogens is 318 g/mol. The zero-order valence-corrected chi connectivity index (χ0v) is 15.3. The summed E-state index contributed by atoms with van der Waals surface area (Å²) in [6.07, 6.45) is 0. The van der Waals surface area contributed by atoms with E-state index in [0.717, 1.165) is 20.9 Å². The van der Waals surface area contributed by atoms with Crippen LogP contribution in [-0.4, -0.2) is 16.9 Å². The smallest absolute Gasteiger partial charge is 0.228 e. The summed E-state index contributed by atoms with van der Waals surface area (Å²) in [5, 5.41) is 4.02. The molecule has 1 aromatic heterocycles. The van der Waals surface area contributed by atoms with Crippen molar-refractivity contribution in [3.63, 3.8) is 0 Å². The fourth-order valence-corrected chi connectivity index (χ4v) is 2.88. The number of thiazole rings is 1. The van der Waals surface area contributed by atoms with Gasteiger partial charge in [-0.15, -0.1) is 23.7 Å². The number of carbonyl (C=O) groups excluding carboxylic acids is 1. The van der Waals surface area contributed by atoms with Gasteiger partial charge in [-0.05, 0) is 25.1 Å². The number of rotatable bonds is 3. The summed E-state index contributed by atoms with van der Waals surface area (Å²) in [5.74, 6) is -0.266. The summed E-state index contributed by atoms with van der Waals surface area (Å²) in [4.78, 5) is 16.7. The standard InChI is InChI=1S/C16H23N3OS.ClH/c1-9(10(2)17)14(20)18-11-6-7-12-13(8-11)21-15(19-12)16(3,4)5;/h6-10H,17H2,1-5H3,(H,18,20);1H. The number of fused-ring (bicyclic) bond motifs is 1. The third-order valence-electron chi connectivity index (χ3n) is 3.50. The van der Waals surface area contributed by atoms with Gasteiger partial charge in [0.05, 0.1) is 21.1 Å². The van der Waals surface area contributed by atoms with Crippen molar-refractivity contribution in [2.45, 2.75) is 46.1 Å². The number of anilines is 1. The van der Waals surface area contributed by atoms with E-state index in [1.807, 2.05) is 32.0 Å². The number of nitrogens with zero attached hydrogens (tertiary/aromatic N) is 1. The Labute approximate surface area is 141 Å². The van der Waals surface area contributed by atoms with Crippen molar-refractivity contribution in [1.29, 1.82) is 0 Å². The van der Waals surface area contributed by atoms with Crippen molar-refractivity contribution in [2.75, 3.05) is 5.32 Å². The first-order chi connectivity index (χ1) is 9.68. The molecule has 0 spiro atoms. The van der Waals surface area contributed by atoms with Crippen molar-refractivity contribution in [3.05, 3.63) is 23.2 Å². The largest absolute Gasteiger partial charge is 0.327 e. The lowest BCUT2D eigenvalue weighted by Gasteiger charge is -2.15. The number of amides is 1. The first-order valence-electron chi connectivity index (χ1n) is 7.16. The predicted molar refractivity (Wildman–Crippen MR) is 97.0 cm³/mol. The van der Waals surface area contributed by atoms with Crippen LogP contribution in [0.3, 0.4) is 0 Å². The van der Waals surface area contributed by atoms with Crippen molar-refractivity contribution in [1.82, 2.24) is 4.98 Å². The molecule has 0 aliphatic rings. The van der Waals surface area contributed by atoms with Gasteiger partial charge in [0.15, 0.2) is 0 Å². The van der Waals surface area contributed by atoms with E-state index in [9.17, 15) is 4.79 Å². The van der Waals surface area contributed by atoms with Gasteiger partial charge in [0, 0.05) is 17.1 Å². The Hall–Kier alpha value is -1.17. The molecule has 1 heterocycles. The van der Waals surface area contributed by atoms with Crippen LogP contribution < -0.4 is 11.1 Å². The Balaban J connectivity index is 0.00000242. The number of hydrogen-bond donors (Lipinski definition) is 2. The molecule has 2 atom stereocenters. The van der Waals surface area contributed by atoms with E-state index in [1.165, 1.54) is 0 Å². The number of nitrogens with two attached hydrogens (primary N) is 1. The van der Waals surface area contributed by atoms with E-state index in [0.29, 0.717) is 0 Å². The van der Waals surface area contributed by atoms with E-state index in [-0.39, 0.29) is 35.7 Å². The molecule has 2 unspecified atom stereocenters. The first kappa shape index (κ1) is 18.9. The fourth-order valence-electron chi connectivity index (χ4n) is 1.82. The highest BCUT2D eigenvalue weighted by molar-refractivity contribution is 7.18. The average Bonchev–Trinajstić information content (AvgIpc) is 2.80. The van der Waals surface area contributed by atoms with Crippen molar-refractivity contribution in [3.8, 4) is 0 Å². The van der Waals surface area contributed by atoms with Crippen LogP contribution in [0.1, 0.15) is 39.6 Å². The van der Waals surface area contributed by atoms with Gasteiger partial charge in [0.25, 0.3) is 0 Å². The fraction of sp³-hybridized carbons (Fsp3) is 0.500. The summed E-state index contributed by atoms with van der Waals surface area (Å²) in [6, 6.07) is 5.66. The molecule has 122 valence electrons. The van der Waals surface area contributed by atoms with Gasteiger partial charge in [0.2, 0.25) is 5.91 Å². The van der Waals surface area contributed by atoms with E-state index in [1.54, 1.807) is 11.3 Å². The van der Waals surface area contributed by atoms with Crippen molar-refractivity contribution < 1.29 is 4.79 Å². The third-order valence-corrected chi connectivity index (χ3v) is 4.94. The highest BCUT2D eigenvalue weighted by Crippen LogP contribution is 2.32. The van der Waals surface area contributed by atoms with Gasteiger partial charge in [0.1, 0.15) is 0 Å². The second-order valence-electron chi connectivity index (χ2n) is 6.59. The average molecular weight is 342 g/mol. The highest BCUT2D eigenvalue weighted by atomic mass is 35.5. The molecule has 0 aliphatic carbocycles. The molecular formula is C16H24ClN3OS. The Bertz CT molecular complexity index is 661. The van der Waals surface area contributed by atoms with E-state index < -0.39 is 0 Å². The van der Waals surface area contributed by atoms with Gasteiger partial charge >= 0.3 is 0 Å². The van der Waals surface area contributed by atoms with E-state index in [4.69, 9.17) is 5.73 Å². The van der Waals surface area contributed by atoms with Crippen molar-refractivity contribution in [2.24, 2.45) is 11.7 Å². The summed E-state index contributed by atoms with van der Waals surface area (Å²) >= 11 is 1.67. The van der Waals surface area contributed by atoms with Crippen LogP contribution in [-0.2, 0) is 10.2 Å². The zero-order valence-electron chi connectivity index (χ0n) is 13.6. The normalized spacial score (nSPS) is 14.3. The third kappa shape index (κ3) is 4.18. The Kier molecular flexibility index (Phi) is 5.96. The minimum atomic E-state index is -0.215. The number of aromatic nitrogens is 1. The summed E-state index contributed by atoms with van der Waals surface area (Å²) in [5.41, 5.74) is 7.57. The van der Waals surface area contributed by atoms with Crippen LogP contribution in [0.2, 0.25) is 0 Å². The maximum Gasteiger partial charge on any atom is 0.228 e. The molecule has 0 radical (unpaired) electrons. The first-order valence-corrected chi connectivity index (χ1v) is 7.97. The molecule has 0 aliphatic heterocycles. The molecule has 2 aromatic rings. The molecule has 6 heteroatoms. The number of halogens is 1. The summed E-state index contributed by atoms with van der Waals surface area (Å²) < 4.78 is 1.09. The van der Waals surface area contributed by atoms with Gasteiger partial charge in [-0.25, -0.2) is 4.98 Å². The molecule has 4 nitrogen and oxygen atoms in total. The SMILES string of the molecule is CC(N)C(C)C(=O)Nc1ccc2nc(C(C)(C)C)sc2c1.Cl. The molecule has 1 aromatic carbocycles. The molecule has 0 bridgehead atoms. The summed E-state index contributed by atoms with van der Waals surface area (Å²) in [6.45, 7) is 10.1. The monoisotopic (exact) mass is 341 g/mol. The van der Waals surface area contributed by atoms with Gasteiger partial charge < -0.3 is 11.1 Å². The molecule has 0 saturated heterocycles. The second kappa shape index (κ2) is 6.94. The number of carbonyl (C=O) groups is 1. The van der Waals surface area contributed by atoms with Crippen LogP contribution in [0, 0.1) is 5.92 Å². The molecule has 1 amide bonds. The van der Waals surface area contributed by atoms with Gasteiger partial charge in [-0.3, -0.25) is 4.79 Å². The van der Waals surface area contributed by atoms with Crippen LogP contribution >= 0.6 is 23.7 Å². The minimum Gasteiger partial charge on any atom is -0.327 e. The zero-order chi connectivity index (χ0) is 15.8. The Morgan fingerprint density at radius 2 is 1.95 bits per heavy atom. The molecule has 0 fully saturated rings. The molecule has 0 saturated carbocycles. The lowest BCUT2D eigenvalue weighted by atomic mass is 9.98. The lowest BCUT2D eigenvalue weighted by molar-refractivity contribution is -0.119. The Morgan fingerprint density at radius 3 is 2.50 bits per heavy atom. The topological polar surface area (TPSA) is 68.0 Å². The molecule has 3 N–H and O–H groups in total. The van der Waals surface area contributed by atoms with Crippen LogP contribution in [0.15, 0.2) is 18.2 Å². The maximum atomic E-state index is 12.1. The highest BCUT2D eigenvalue weighted by Gasteiger charge is 2.20. The maximum absolute atomic E-state index is 12.1. The Morgan fingerprint density at radius 1 is 1.32 bits per heavy atom. The van der Waals surface area contributed by atoms with Gasteiger partial charge in [-0.1, -0.05) is 27.7 Å². The number of nitrogens with one attached hydrogen (secondary N) is 1. The van der Waals surface area contributed by atoms with E-state index >= 15 is 0 Å². The lowest BCUT2D eigenvalue weighted by Crippen LogP contribution is -2.34. The minimum absolute atomic E-state index is 0. The van der Waals surface area contributed by atoms with Crippen molar-refractivity contribution >= 4 is 45.6 Å². The second-order valence-corrected chi connectivity index (χ2v) is 7.62. The number of hydrogen-bond acceptors (Lipinski definition) is 4. The van der Waals surface area contributed by atoms with Crippen LogP contribution in [0.5, 0.6) is 0 Å². The summed E-state index contributed by atoms with van der Waals surface area (Å²) in [7, 11) is 0. The van der Waals surface area contributed by atoms with Gasteiger partial charge in [-0.2, -0.15) is 0 Å². The van der Waals surface area contributed by atoms with E-state index in [2.05, 4.69) is 31.1 Å². The molecule has 2 rings (SSSR count). The predicted octanol–water partition coefficient (Wildman–Crippen LogP) is 3.94. The quantitative estimate of drug-likeness (QED) is 0.888. The van der Waals surface area contributed by atoms with Crippen LogP contribution in [0.4, 0.5) is 5.69 Å². The van der Waals surface area contributed by atoms with Crippen LogP contribution in [0.25, 0.3) is 10.2 Å².